The van der Waals surface area contributed by atoms with Gasteiger partial charge in [0, 0.05) is 47.9 Å². The van der Waals surface area contributed by atoms with Gasteiger partial charge in [0.15, 0.2) is 5.60 Å². The lowest BCUT2D eigenvalue weighted by Gasteiger charge is -2.52. The monoisotopic (exact) mass is 598 g/mol. The fourth-order valence-electron chi connectivity index (χ4n) is 6.45. The maximum atomic E-state index is 11.8. The number of aliphatic carboxylic acids is 1. The van der Waals surface area contributed by atoms with Crippen molar-refractivity contribution in [1.82, 2.24) is 4.90 Å². The van der Waals surface area contributed by atoms with E-state index in [0.717, 1.165) is 62.0 Å². The Morgan fingerprint density at radius 2 is 2.12 bits per heavy atom. The molecular formula is C34H47ClN2O5. The number of hydrogen-bond acceptors (Lipinski definition) is 6. The van der Waals surface area contributed by atoms with Crippen molar-refractivity contribution < 1.29 is 24.5 Å². The lowest BCUT2D eigenvalue weighted by molar-refractivity contribution is -0.152. The van der Waals surface area contributed by atoms with E-state index in [1.54, 1.807) is 12.1 Å². The predicted octanol–water partition coefficient (Wildman–Crippen LogP) is 5.96. The standard InChI is InChI=1S/C34H47ClN2O5/c1-6-7-9-27-26(28-20-25(42-33(4,5)31(38)39)15-16-30(28)41-21-29(27)36)10-8-18-37-19-17-34(40,32(2,3)22-37)23-11-13-24(35)14-12-23/h6-7,9-11,15-16,20,24,27,29,40H,1,8,12-14,17-19,21-22,36H2,2-5H3,(H,38,39)/b9-7-,26-10+. The number of aliphatic hydroxyl groups is 1. The number of fused-ring (bicyclic) bond motifs is 1. The Hall–Kier alpha value is -2.58. The lowest BCUT2D eigenvalue weighted by atomic mass is 9.64. The Morgan fingerprint density at radius 3 is 2.76 bits per heavy atom. The number of nitrogens with two attached hydrogens (primary N) is 1. The number of nitrogens with zero attached hydrogens (tertiary/aromatic N) is 1. The second-order valence-electron chi connectivity index (χ2n) is 13.0. The number of allylic oxidation sites excluding steroid dienone is 3. The molecule has 4 rings (SSSR count). The normalized spacial score (nSPS) is 29.4. The topological polar surface area (TPSA) is 105 Å². The molecule has 1 aromatic rings. The highest BCUT2D eigenvalue weighted by Crippen LogP contribution is 2.47. The van der Waals surface area contributed by atoms with Crippen LogP contribution in [0, 0.1) is 11.3 Å². The fraction of sp³-hybridized carbons (Fsp3) is 0.559. The van der Waals surface area contributed by atoms with Crippen LogP contribution in [0.15, 0.2) is 60.7 Å². The zero-order valence-corrected chi connectivity index (χ0v) is 26.2. The number of hydrogen-bond donors (Lipinski definition) is 3. The molecule has 4 N–H and O–H groups in total. The number of halogens is 1. The highest BCUT2D eigenvalue weighted by molar-refractivity contribution is 6.20. The summed E-state index contributed by atoms with van der Waals surface area (Å²) in [5.74, 6) is -0.0283. The molecule has 1 aliphatic carbocycles. The molecule has 0 saturated carbocycles. The third kappa shape index (κ3) is 6.96. The van der Waals surface area contributed by atoms with E-state index in [9.17, 15) is 15.0 Å². The summed E-state index contributed by atoms with van der Waals surface area (Å²) in [6.07, 6.45) is 14.1. The van der Waals surface area contributed by atoms with Gasteiger partial charge in [-0.25, -0.2) is 4.79 Å². The fourth-order valence-corrected chi connectivity index (χ4v) is 6.64. The van der Waals surface area contributed by atoms with Gasteiger partial charge >= 0.3 is 5.97 Å². The second kappa shape index (κ2) is 13.0. The van der Waals surface area contributed by atoms with Crippen molar-refractivity contribution >= 4 is 23.1 Å². The van der Waals surface area contributed by atoms with Gasteiger partial charge in [0.1, 0.15) is 18.1 Å². The Kier molecular flexibility index (Phi) is 9.98. The van der Waals surface area contributed by atoms with E-state index in [1.165, 1.54) is 13.8 Å². The van der Waals surface area contributed by atoms with Crippen molar-refractivity contribution in [1.29, 1.82) is 0 Å². The van der Waals surface area contributed by atoms with E-state index in [2.05, 4.69) is 37.5 Å². The van der Waals surface area contributed by atoms with E-state index in [1.807, 2.05) is 24.3 Å². The van der Waals surface area contributed by atoms with Gasteiger partial charge in [-0.15, -0.1) is 11.6 Å². The molecule has 7 nitrogen and oxygen atoms in total. The SMILES string of the molecule is C=C/C=C\C1/C(=C\CCN2CCC(O)(C3=CCC(Cl)CC3)C(C)(C)C2)c2cc(OC(C)(C)C(=O)O)ccc2OCC1N. The maximum absolute atomic E-state index is 11.8. The summed E-state index contributed by atoms with van der Waals surface area (Å²) in [5, 5.41) is 21.6. The number of rotatable bonds is 9. The third-order valence-electron chi connectivity index (χ3n) is 9.07. The predicted molar refractivity (Wildman–Crippen MR) is 169 cm³/mol. The highest BCUT2D eigenvalue weighted by atomic mass is 35.5. The molecular weight excluding hydrogens is 552 g/mol. The van der Waals surface area contributed by atoms with E-state index < -0.39 is 17.2 Å². The molecule has 0 bridgehead atoms. The van der Waals surface area contributed by atoms with Crippen LogP contribution in [0.3, 0.4) is 0 Å². The van der Waals surface area contributed by atoms with Crippen molar-refractivity contribution in [2.75, 3.05) is 26.2 Å². The summed E-state index contributed by atoms with van der Waals surface area (Å²) in [6, 6.07) is 5.13. The molecule has 0 amide bonds. The molecule has 0 radical (unpaired) electrons. The molecule has 2 heterocycles. The van der Waals surface area contributed by atoms with Gasteiger partial charge in [0.2, 0.25) is 0 Å². The van der Waals surface area contributed by atoms with Gasteiger partial charge in [0.05, 0.1) is 5.60 Å². The van der Waals surface area contributed by atoms with Gasteiger partial charge < -0.3 is 30.3 Å². The number of carboxylic acids is 1. The minimum absolute atomic E-state index is 0.126. The summed E-state index contributed by atoms with van der Waals surface area (Å²) >= 11 is 6.32. The number of benzene rings is 1. The van der Waals surface area contributed by atoms with Crippen molar-refractivity contribution in [3.63, 3.8) is 0 Å². The molecule has 1 aromatic carbocycles. The van der Waals surface area contributed by atoms with Crippen molar-refractivity contribution in [3.8, 4) is 11.5 Å². The highest BCUT2D eigenvalue weighted by Gasteiger charge is 2.49. The van der Waals surface area contributed by atoms with Crippen LogP contribution in [0.4, 0.5) is 0 Å². The van der Waals surface area contributed by atoms with Crippen LogP contribution in [0.5, 0.6) is 11.5 Å². The average molecular weight is 599 g/mol. The molecule has 4 atom stereocenters. The smallest absolute Gasteiger partial charge is 0.347 e. The lowest BCUT2D eigenvalue weighted by Crippen LogP contribution is -2.58. The van der Waals surface area contributed by atoms with E-state index in [4.69, 9.17) is 26.8 Å². The number of ether oxygens (including phenoxy) is 2. The van der Waals surface area contributed by atoms with Gasteiger partial charge in [-0.05, 0) is 75.3 Å². The molecule has 3 aliphatic rings. The van der Waals surface area contributed by atoms with Crippen LogP contribution in [0.1, 0.15) is 65.4 Å². The number of piperidine rings is 1. The van der Waals surface area contributed by atoms with Crippen LogP contribution in [-0.4, -0.2) is 69.9 Å². The van der Waals surface area contributed by atoms with Crippen molar-refractivity contribution in [2.45, 2.75) is 82.4 Å². The van der Waals surface area contributed by atoms with Gasteiger partial charge in [-0.3, -0.25) is 0 Å². The molecule has 230 valence electrons. The first-order valence-electron chi connectivity index (χ1n) is 15.0. The summed E-state index contributed by atoms with van der Waals surface area (Å²) in [5.41, 5.74) is 7.13. The minimum Gasteiger partial charge on any atom is -0.491 e. The second-order valence-corrected chi connectivity index (χ2v) is 13.6. The molecule has 8 heteroatoms. The molecule has 4 unspecified atom stereocenters. The number of alkyl halides is 1. The zero-order valence-electron chi connectivity index (χ0n) is 25.4. The molecule has 1 saturated heterocycles. The Labute approximate surface area is 255 Å². The minimum atomic E-state index is -1.38. The summed E-state index contributed by atoms with van der Waals surface area (Å²) < 4.78 is 12.0. The first-order chi connectivity index (χ1) is 19.8. The Morgan fingerprint density at radius 1 is 1.36 bits per heavy atom. The quantitative estimate of drug-likeness (QED) is 0.183. The maximum Gasteiger partial charge on any atom is 0.347 e. The summed E-state index contributed by atoms with van der Waals surface area (Å²) in [7, 11) is 0. The van der Waals surface area contributed by atoms with Crippen LogP contribution in [0.2, 0.25) is 0 Å². The van der Waals surface area contributed by atoms with Crippen molar-refractivity contribution in [3.05, 3.63) is 66.3 Å². The molecule has 0 aromatic heterocycles. The molecule has 0 spiro atoms. The molecule has 2 aliphatic heterocycles. The first-order valence-corrected chi connectivity index (χ1v) is 15.4. The Bertz CT molecular complexity index is 1250. The van der Waals surface area contributed by atoms with Crippen LogP contribution >= 0.6 is 11.6 Å². The van der Waals surface area contributed by atoms with Crippen LogP contribution in [-0.2, 0) is 4.79 Å². The van der Waals surface area contributed by atoms with Crippen LogP contribution < -0.4 is 15.2 Å². The third-order valence-corrected chi connectivity index (χ3v) is 9.47. The van der Waals surface area contributed by atoms with Gasteiger partial charge in [0.25, 0.3) is 0 Å². The average Bonchev–Trinajstić information content (AvgIpc) is 3.05. The van der Waals surface area contributed by atoms with Gasteiger partial charge in [-0.2, -0.15) is 0 Å². The van der Waals surface area contributed by atoms with E-state index in [-0.39, 0.29) is 22.8 Å². The number of likely N-dealkylation sites (tertiary alicyclic amines) is 1. The summed E-state index contributed by atoms with van der Waals surface area (Å²) in [6.45, 7) is 14.0. The van der Waals surface area contributed by atoms with E-state index in [0.29, 0.717) is 24.5 Å². The van der Waals surface area contributed by atoms with Crippen molar-refractivity contribution in [2.24, 2.45) is 17.1 Å². The van der Waals surface area contributed by atoms with Crippen LogP contribution in [0.25, 0.3) is 5.57 Å². The first kappa shape index (κ1) is 32.3. The molecule has 42 heavy (non-hydrogen) atoms. The van der Waals surface area contributed by atoms with E-state index >= 15 is 0 Å². The Balaban J connectivity index is 1.57. The summed E-state index contributed by atoms with van der Waals surface area (Å²) in [4.78, 5) is 14.1. The number of carboxylic acid groups (broad SMARTS) is 1. The molecule has 1 fully saturated rings. The largest absolute Gasteiger partial charge is 0.491 e. The van der Waals surface area contributed by atoms with Gasteiger partial charge in [-0.1, -0.05) is 50.8 Å². The number of carbonyl (C=O) groups is 1. The zero-order chi connectivity index (χ0) is 30.7.